The molecule has 2 heterocycles. The second kappa shape index (κ2) is 3.30. The molecule has 0 atom stereocenters. The molecule has 5 heteroatoms. The molecule has 5 nitrogen and oxygen atoms in total. The lowest BCUT2D eigenvalue weighted by Gasteiger charge is -2.04. The highest BCUT2D eigenvalue weighted by molar-refractivity contribution is 5.75. The van der Waals surface area contributed by atoms with Gasteiger partial charge in [-0.25, -0.2) is 9.97 Å². The van der Waals surface area contributed by atoms with E-state index in [0.29, 0.717) is 17.5 Å². The zero-order chi connectivity index (χ0) is 11.1. The SMILES string of the molecule is O=C(O)Cc1nc2ncccc2n1C1CC1. The molecule has 0 aliphatic heterocycles. The van der Waals surface area contributed by atoms with Gasteiger partial charge in [-0.05, 0) is 25.0 Å². The smallest absolute Gasteiger partial charge is 0.311 e. The highest BCUT2D eigenvalue weighted by atomic mass is 16.4. The van der Waals surface area contributed by atoms with Gasteiger partial charge < -0.3 is 9.67 Å². The largest absolute Gasteiger partial charge is 0.481 e. The second-order valence-electron chi connectivity index (χ2n) is 4.05. The summed E-state index contributed by atoms with van der Waals surface area (Å²) in [5.74, 6) is -0.235. The van der Waals surface area contributed by atoms with Gasteiger partial charge in [-0.3, -0.25) is 4.79 Å². The van der Waals surface area contributed by atoms with Crippen molar-refractivity contribution in [2.24, 2.45) is 0 Å². The van der Waals surface area contributed by atoms with E-state index in [4.69, 9.17) is 5.11 Å². The summed E-state index contributed by atoms with van der Waals surface area (Å²) in [5, 5.41) is 8.84. The van der Waals surface area contributed by atoms with Gasteiger partial charge in [0, 0.05) is 12.2 Å². The molecule has 0 bridgehead atoms. The highest BCUT2D eigenvalue weighted by Crippen LogP contribution is 2.38. The van der Waals surface area contributed by atoms with Crippen LogP contribution in [-0.4, -0.2) is 25.6 Å². The van der Waals surface area contributed by atoms with Crippen molar-refractivity contribution >= 4 is 17.1 Å². The number of hydrogen-bond acceptors (Lipinski definition) is 3. The third kappa shape index (κ3) is 1.44. The molecule has 0 unspecified atom stereocenters. The molecular weight excluding hydrogens is 206 g/mol. The van der Waals surface area contributed by atoms with E-state index in [9.17, 15) is 4.79 Å². The first kappa shape index (κ1) is 9.33. The number of carboxylic acid groups (broad SMARTS) is 1. The van der Waals surface area contributed by atoms with Crippen LogP contribution in [0.4, 0.5) is 0 Å². The number of carboxylic acids is 1. The molecule has 0 aromatic carbocycles. The summed E-state index contributed by atoms with van der Waals surface area (Å²) >= 11 is 0. The molecule has 1 aliphatic rings. The summed E-state index contributed by atoms with van der Waals surface area (Å²) < 4.78 is 2.02. The fourth-order valence-electron chi connectivity index (χ4n) is 1.98. The van der Waals surface area contributed by atoms with Gasteiger partial charge >= 0.3 is 5.97 Å². The Morgan fingerprint density at radius 2 is 2.38 bits per heavy atom. The van der Waals surface area contributed by atoms with Gasteiger partial charge in [-0.1, -0.05) is 0 Å². The van der Waals surface area contributed by atoms with E-state index in [0.717, 1.165) is 18.4 Å². The lowest BCUT2D eigenvalue weighted by molar-refractivity contribution is -0.136. The summed E-state index contributed by atoms with van der Waals surface area (Å²) in [4.78, 5) is 19.2. The first-order valence-corrected chi connectivity index (χ1v) is 5.29. The van der Waals surface area contributed by atoms with Crippen LogP contribution in [0.5, 0.6) is 0 Å². The Labute approximate surface area is 91.7 Å². The summed E-state index contributed by atoms with van der Waals surface area (Å²) in [5.41, 5.74) is 1.59. The van der Waals surface area contributed by atoms with E-state index >= 15 is 0 Å². The minimum Gasteiger partial charge on any atom is -0.481 e. The molecule has 3 rings (SSSR count). The molecule has 1 N–H and O–H groups in total. The van der Waals surface area contributed by atoms with Crippen LogP contribution in [0.3, 0.4) is 0 Å². The van der Waals surface area contributed by atoms with E-state index in [1.54, 1.807) is 6.20 Å². The monoisotopic (exact) mass is 217 g/mol. The van der Waals surface area contributed by atoms with Crippen molar-refractivity contribution in [1.29, 1.82) is 0 Å². The fourth-order valence-corrected chi connectivity index (χ4v) is 1.98. The molecule has 82 valence electrons. The van der Waals surface area contributed by atoms with Crippen molar-refractivity contribution in [3.63, 3.8) is 0 Å². The molecule has 0 radical (unpaired) electrons. The van der Waals surface area contributed by atoms with Crippen molar-refractivity contribution in [3.05, 3.63) is 24.2 Å². The molecule has 0 amide bonds. The van der Waals surface area contributed by atoms with Gasteiger partial charge in [0.15, 0.2) is 5.65 Å². The van der Waals surface area contributed by atoms with Gasteiger partial charge in [0.05, 0.1) is 5.52 Å². The Morgan fingerprint density at radius 3 is 3.06 bits per heavy atom. The Bertz CT molecular complexity index is 557. The highest BCUT2D eigenvalue weighted by Gasteiger charge is 2.28. The summed E-state index contributed by atoms with van der Waals surface area (Å²) in [6.07, 6.45) is 3.85. The Balaban J connectivity index is 2.18. The molecule has 0 spiro atoms. The number of aliphatic carboxylic acids is 1. The third-order valence-corrected chi connectivity index (χ3v) is 2.76. The number of nitrogens with zero attached hydrogens (tertiary/aromatic N) is 3. The van der Waals surface area contributed by atoms with Crippen molar-refractivity contribution in [3.8, 4) is 0 Å². The normalized spacial score (nSPS) is 15.5. The van der Waals surface area contributed by atoms with Crippen LogP contribution >= 0.6 is 0 Å². The van der Waals surface area contributed by atoms with E-state index < -0.39 is 5.97 Å². The summed E-state index contributed by atoms with van der Waals surface area (Å²) in [7, 11) is 0. The maximum absolute atomic E-state index is 10.8. The first-order chi connectivity index (χ1) is 7.75. The van der Waals surface area contributed by atoms with Crippen LogP contribution in [0.1, 0.15) is 24.7 Å². The number of imidazole rings is 1. The Kier molecular flexibility index (Phi) is 1.92. The molecular formula is C11H11N3O2. The lowest BCUT2D eigenvalue weighted by Crippen LogP contribution is -2.08. The van der Waals surface area contributed by atoms with E-state index in [2.05, 4.69) is 9.97 Å². The van der Waals surface area contributed by atoms with Gasteiger partial charge in [0.2, 0.25) is 0 Å². The third-order valence-electron chi connectivity index (χ3n) is 2.76. The van der Waals surface area contributed by atoms with Gasteiger partial charge in [-0.2, -0.15) is 0 Å². The van der Waals surface area contributed by atoms with Crippen LogP contribution in [0.25, 0.3) is 11.2 Å². The maximum Gasteiger partial charge on any atom is 0.311 e. The quantitative estimate of drug-likeness (QED) is 0.843. The number of carbonyl (C=O) groups is 1. The van der Waals surface area contributed by atoms with E-state index in [-0.39, 0.29) is 6.42 Å². The zero-order valence-electron chi connectivity index (χ0n) is 8.63. The van der Waals surface area contributed by atoms with Crippen molar-refractivity contribution in [2.45, 2.75) is 25.3 Å². The molecule has 16 heavy (non-hydrogen) atoms. The van der Waals surface area contributed by atoms with Crippen LogP contribution in [0.2, 0.25) is 0 Å². The second-order valence-corrected chi connectivity index (χ2v) is 4.05. The van der Waals surface area contributed by atoms with Crippen LogP contribution in [-0.2, 0) is 11.2 Å². The lowest BCUT2D eigenvalue weighted by atomic mass is 10.4. The number of fused-ring (bicyclic) bond motifs is 1. The summed E-state index contributed by atoms with van der Waals surface area (Å²) in [6.45, 7) is 0. The van der Waals surface area contributed by atoms with Crippen molar-refractivity contribution in [2.75, 3.05) is 0 Å². The summed E-state index contributed by atoms with van der Waals surface area (Å²) in [6, 6.07) is 4.22. The first-order valence-electron chi connectivity index (χ1n) is 5.29. The van der Waals surface area contributed by atoms with E-state index in [1.807, 2.05) is 16.7 Å². The standard InChI is InChI=1S/C11H11N3O2/c15-10(16)6-9-13-11-8(2-1-5-12-11)14(9)7-3-4-7/h1-2,5,7H,3-4,6H2,(H,15,16). The zero-order valence-corrected chi connectivity index (χ0v) is 8.63. The van der Waals surface area contributed by atoms with Gasteiger partial charge in [0.25, 0.3) is 0 Å². The van der Waals surface area contributed by atoms with Crippen molar-refractivity contribution in [1.82, 2.24) is 14.5 Å². The molecule has 1 aliphatic carbocycles. The predicted molar refractivity (Wildman–Crippen MR) is 57.1 cm³/mol. The number of pyridine rings is 1. The van der Waals surface area contributed by atoms with Gasteiger partial charge in [0.1, 0.15) is 12.2 Å². The van der Waals surface area contributed by atoms with E-state index in [1.165, 1.54) is 0 Å². The molecule has 2 aromatic heterocycles. The molecule has 1 saturated carbocycles. The Hall–Kier alpha value is -1.91. The molecule has 0 saturated heterocycles. The van der Waals surface area contributed by atoms with Gasteiger partial charge in [-0.15, -0.1) is 0 Å². The minimum atomic E-state index is -0.850. The van der Waals surface area contributed by atoms with Crippen molar-refractivity contribution < 1.29 is 9.90 Å². The predicted octanol–water partition coefficient (Wildman–Crippen LogP) is 1.39. The number of hydrogen-bond donors (Lipinski definition) is 1. The van der Waals surface area contributed by atoms with Crippen LogP contribution < -0.4 is 0 Å². The minimum absolute atomic E-state index is 0.0349. The van der Waals surface area contributed by atoms with Crippen LogP contribution in [0.15, 0.2) is 18.3 Å². The average Bonchev–Trinajstić information content (AvgIpc) is 3.00. The number of rotatable bonds is 3. The molecule has 1 fully saturated rings. The fraction of sp³-hybridized carbons (Fsp3) is 0.364. The number of aromatic nitrogens is 3. The Morgan fingerprint density at radius 1 is 1.56 bits per heavy atom. The maximum atomic E-state index is 10.8. The molecule has 2 aromatic rings. The average molecular weight is 217 g/mol. The van der Waals surface area contributed by atoms with Crippen LogP contribution in [0, 0.1) is 0 Å². The topological polar surface area (TPSA) is 68.0 Å².